The van der Waals surface area contributed by atoms with Crippen LogP contribution in [0.5, 0.6) is 0 Å². The summed E-state index contributed by atoms with van der Waals surface area (Å²) in [5.74, 6) is -0.196. The molecule has 3 heteroatoms. The second kappa shape index (κ2) is 5.73. The number of hydrogen-bond acceptors (Lipinski definition) is 2. The average molecular weight is 285 g/mol. The first-order valence-electron chi connectivity index (χ1n) is 6.74. The van der Waals surface area contributed by atoms with Gasteiger partial charge in [-0.05, 0) is 46.6 Å². The number of rotatable bonds is 4. The fourth-order valence-corrected chi connectivity index (χ4v) is 3.46. The summed E-state index contributed by atoms with van der Waals surface area (Å²) in [5, 5.41) is 6.88. The van der Waals surface area contributed by atoms with E-state index in [2.05, 4.69) is 41.9 Å². The highest BCUT2D eigenvalue weighted by Gasteiger charge is 2.16. The van der Waals surface area contributed by atoms with Gasteiger partial charge >= 0.3 is 0 Å². The molecule has 3 rings (SSSR count). The Morgan fingerprint density at radius 1 is 1.10 bits per heavy atom. The van der Waals surface area contributed by atoms with E-state index < -0.39 is 0 Å². The molecule has 102 valence electrons. The first kappa shape index (κ1) is 13.3. The van der Waals surface area contributed by atoms with Crippen molar-refractivity contribution in [3.8, 4) is 0 Å². The molecule has 1 heterocycles. The molecular weight excluding hydrogens is 269 g/mol. The van der Waals surface area contributed by atoms with Crippen LogP contribution in [0.2, 0.25) is 0 Å². The molecule has 1 unspecified atom stereocenters. The van der Waals surface area contributed by atoms with Crippen molar-refractivity contribution in [3.63, 3.8) is 0 Å². The van der Waals surface area contributed by atoms with Gasteiger partial charge in [-0.25, -0.2) is 4.39 Å². The van der Waals surface area contributed by atoms with Gasteiger partial charge in [0, 0.05) is 4.70 Å². The van der Waals surface area contributed by atoms with Crippen molar-refractivity contribution in [3.05, 3.63) is 70.9 Å². The van der Waals surface area contributed by atoms with Gasteiger partial charge < -0.3 is 5.32 Å². The second-order valence-corrected chi connectivity index (χ2v) is 5.64. The minimum absolute atomic E-state index is 0.1000. The Hall–Kier alpha value is -1.71. The van der Waals surface area contributed by atoms with E-state index >= 15 is 0 Å². The first-order valence-corrected chi connectivity index (χ1v) is 7.62. The predicted octanol–water partition coefficient (Wildman–Crippen LogP) is 4.74. The zero-order valence-corrected chi connectivity index (χ0v) is 12.1. The number of fused-ring (bicyclic) bond motifs is 1. The topological polar surface area (TPSA) is 12.0 Å². The second-order valence-electron chi connectivity index (χ2n) is 4.73. The predicted molar refractivity (Wildman–Crippen MR) is 83.7 cm³/mol. The van der Waals surface area contributed by atoms with Crippen molar-refractivity contribution >= 4 is 21.4 Å². The minimum Gasteiger partial charge on any atom is -0.306 e. The van der Waals surface area contributed by atoms with Gasteiger partial charge in [0.25, 0.3) is 0 Å². The smallest absolute Gasteiger partial charge is 0.123 e. The number of nitrogens with one attached hydrogen (secondary N) is 1. The fraction of sp³-hybridized carbons (Fsp3) is 0.176. The SMILES string of the molecule is CCNC(c1ccc(F)cc1)c1cccc2ccsc12. The molecule has 2 aromatic carbocycles. The first-order chi connectivity index (χ1) is 9.79. The molecule has 0 amide bonds. The van der Waals surface area contributed by atoms with Crippen molar-refractivity contribution in [2.45, 2.75) is 13.0 Å². The standard InChI is InChI=1S/C17H16FNS/c1-2-19-16(12-6-8-14(18)9-7-12)15-5-3-4-13-10-11-20-17(13)15/h3-11,16,19H,2H2,1H3. The van der Waals surface area contributed by atoms with E-state index in [-0.39, 0.29) is 11.9 Å². The Bertz CT molecular complexity index is 702. The van der Waals surface area contributed by atoms with Crippen molar-refractivity contribution in [2.75, 3.05) is 6.54 Å². The summed E-state index contributed by atoms with van der Waals surface area (Å²) in [6, 6.07) is 15.4. The Morgan fingerprint density at radius 2 is 1.90 bits per heavy atom. The minimum atomic E-state index is -0.196. The lowest BCUT2D eigenvalue weighted by Gasteiger charge is -2.19. The van der Waals surface area contributed by atoms with Crippen molar-refractivity contribution in [1.82, 2.24) is 5.32 Å². The zero-order valence-electron chi connectivity index (χ0n) is 11.3. The third-order valence-electron chi connectivity index (χ3n) is 3.43. The van der Waals surface area contributed by atoms with Crippen LogP contribution in [-0.2, 0) is 0 Å². The molecule has 0 saturated heterocycles. The molecule has 20 heavy (non-hydrogen) atoms. The lowest BCUT2D eigenvalue weighted by Crippen LogP contribution is -2.22. The molecule has 0 radical (unpaired) electrons. The lowest BCUT2D eigenvalue weighted by molar-refractivity contribution is 0.615. The van der Waals surface area contributed by atoms with Gasteiger partial charge in [-0.15, -0.1) is 11.3 Å². The monoisotopic (exact) mass is 285 g/mol. The highest BCUT2D eigenvalue weighted by molar-refractivity contribution is 7.17. The average Bonchev–Trinajstić information content (AvgIpc) is 2.94. The molecule has 0 spiro atoms. The Balaban J connectivity index is 2.10. The third kappa shape index (κ3) is 2.47. The van der Waals surface area contributed by atoms with Gasteiger partial charge in [-0.3, -0.25) is 0 Å². The quantitative estimate of drug-likeness (QED) is 0.730. The summed E-state index contributed by atoms with van der Waals surface area (Å²) in [6.45, 7) is 2.95. The molecule has 3 aromatic rings. The van der Waals surface area contributed by atoms with Crippen LogP contribution in [0.3, 0.4) is 0 Å². The van der Waals surface area contributed by atoms with Gasteiger partial charge in [0.2, 0.25) is 0 Å². The molecule has 1 N–H and O–H groups in total. The van der Waals surface area contributed by atoms with Gasteiger partial charge in [0.15, 0.2) is 0 Å². The number of hydrogen-bond donors (Lipinski definition) is 1. The molecule has 0 aliphatic heterocycles. The van der Waals surface area contributed by atoms with E-state index in [4.69, 9.17) is 0 Å². The van der Waals surface area contributed by atoms with Crippen LogP contribution < -0.4 is 5.32 Å². The Kier molecular flexibility index (Phi) is 3.81. The summed E-state index contributed by atoms with van der Waals surface area (Å²) in [7, 11) is 0. The van der Waals surface area contributed by atoms with Crippen LogP contribution in [0.25, 0.3) is 10.1 Å². The van der Waals surface area contributed by atoms with E-state index in [1.807, 2.05) is 12.1 Å². The maximum Gasteiger partial charge on any atom is 0.123 e. The summed E-state index contributed by atoms with van der Waals surface area (Å²) in [5.41, 5.74) is 2.35. The van der Waals surface area contributed by atoms with E-state index in [1.54, 1.807) is 11.3 Å². The molecule has 1 nitrogen and oxygen atoms in total. The van der Waals surface area contributed by atoms with E-state index in [0.29, 0.717) is 0 Å². The third-order valence-corrected chi connectivity index (χ3v) is 4.41. The number of halogens is 1. The molecule has 0 fully saturated rings. The number of thiophene rings is 1. The van der Waals surface area contributed by atoms with Crippen LogP contribution in [0, 0.1) is 5.82 Å². The summed E-state index contributed by atoms with van der Waals surface area (Å²) in [6.07, 6.45) is 0. The van der Waals surface area contributed by atoms with Crippen molar-refractivity contribution < 1.29 is 4.39 Å². The van der Waals surface area contributed by atoms with Crippen LogP contribution in [-0.4, -0.2) is 6.54 Å². The van der Waals surface area contributed by atoms with E-state index in [1.165, 1.54) is 27.8 Å². The Morgan fingerprint density at radius 3 is 2.65 bits per heavy atom. The van der Waals surface area contributed by atoms with Crippen LogP contribution in [0.15, 0.2) is 53.9 Å². The Labute approximate surface area is 122 Å². The summed E-state index contributed by atoms with van der Waals surface area (Å²) < 4.78 is 14.4. The normalized spacial score (nSPS) is 12.7. The molecule has 0 saturated carbocycles. The summed E-state index contributed by atoms with van der Waals surface area (Å²) in [4.78, 5) is 0. The molecule has 0 aliphatic rings. The maximum atomic E-state index is 13.1. The van der Waals surface area contributed by atoms with Crippen molar-refractivity contribution in [2.24, 2.45) is 0 Å². The van der Waals surface area contributed by atoms with E-state index in [0.717, 1.165) is 12.1 Å². The van der Waals surface area contributed by atoms with Gasteiger partial charge in [-0.1, -0.05) is 37.3 Å². The van der Waals surface area contributed by atoms with Crippen LogP contribution in [0.4, 0.5) is 4.39 Å². The molecule has 1 atom stereocenters. The molecular formula is C17H16FNS. The summed E-state index contributed by atoms with van der Waals surface area (Å²) >= 11 is 1.75. The van der Waals surface area contributed by atoms with Crippen LogP contribution >= 0.6 is 11.3 Å². The van der Waals surface area contributed by atoms with E-state index in [9.17, 15) is 4.39 Å². The largest absolute Gasteiger partial charge is 0.306 e. The van der Waals surface area contributed by atoms with Gasteiger partial charge in [0.05, 0.1) is 6.04 Å². The van der Waals surface area contributed by atoms with Crippen molar-refractivity contribution in [1.29, 1.82) is 0 Å². The van der Waals surface area contributed by atoms with Crippen LogP contribution in [0.1, 0.15) is 24.1 Å². The maximum absolute atomic E-state index is 13.1. The molecule has 0 aliphatic carbocycles. The molecule has 1 aromatic heterocycles. The zero-order chi connectivity index (χ0) is 13.9. The lowest BCUT2D eigenvalue weighted by atomic mass is 9.97. The fourth-order valence-electron chi connectivity index (χ4n) is 2.51. The van der Waals surface area contributed by atoms with Gasteiger partial charge in [0.1, 0.15) is 5.82 Å². The van der Waals surface area contributed by atoms with Gasteiger partial charge in [-0.2, -0.15) is 0 Å². The number of benzene rings is 2. The molecule has 0 bridgehead atoms. The highest BCUT2D eigenvalue weighted by Crippen LogP contribution is 2.32. The highest BCUT2D eigenvalue weighted by atomic mass is 32.1.